The maximum absolute atomic E-state index is 5.26. The van der Waals surface area contributed by atoms with E-state index in [9.17, 15) is 0 Å². The summed E-state index contributed by atoms with van der Waals surface area (Å²) in [7, 11) is 0. The van der Waals surface area contributed by atoms with Crippen LogP contribution in [0.15, 0.2) is 16.5 Å². The smallest absolute Gasteiger partial charge is 0.218 e. The first-order valence-corrected chi connectivity index (χ1v) is 3.06. The molecular weight excluding hydrogens is 114 g/mol. The fourth-order valence-electron chi connectivity index (χ4n) is 0.996. The van der Waals surface area contributed by atoms with Gasteiger partial charge in [0.15, 0.2) is 0 Å². The second-order valence-corrected chi connectivity index (χ2v) is 2.36. The van der Waals surface area contributed by atoms with Gasteiger partial charge >= 0.3 is 11.5 Å². The number of rotatable bonds is 0. The van der Waals surface area contributed by atoms with Gasteiger partial charge in [0.2, 0.25) is 0 Å². The minimum Gasteiger partial charge on any atom is -0.218 e. The zero-order valence-corrected chi connectivity index (χ0v) is 6.06. The van der Waals surface area contributed by atoms with Gasteiger partial charge in [-0.25, -0.2) is 4.42 Å². The average molecular weight is 125 g/mol. The van der Waals surface area contributed by atoms with Crippen LogP contribution in [0.1, 0.15) is 17.1 Å². The molecule has 1 aromatic rings. The van der Waals surface area contributed by atoms with Crippen LogP contribution in [0.25, 0.3) is 0 Å². The summed E-state index contributed by atoms with van der Waals surface area (Å²) >= 11 is 0. The Morgan fingerprint density at radius 2 is 1.44 bits per heavy atom. The Balaban J connectivity index is 3.17. The molecule has 1 rings (SSSR count). The second kappa shape index (κ2) is 2.18. The summed E-state index contributed by atoms with van der Waals surface area (Å²) in [5, 5.41) is 0. The van der Waals surface area contributed by atoms with Crippen LogP contribution in [0, 0.1) is 20.8 Å². The Morgan fingerprint density at radius 1 is 1.00 bits per heavy atom. The average Bonchev–Trinajstić information content (AvgIpc) is 1.59. The van der Waals surface area contributed by atoms with Gasteiger partial charge in [0, 0.05) is 12.1 Å². The van der Waals surface area contributed by atoms with E-state index < -0.39 is 0 Å². The lowest BCUT2D eigenvalue weighted by Crippen LogP contribution is -1.78. The van der Waals surface area contributed by atoms with Crippen LogP contribution in [-0.4, -0.2) is 0 Å². The summed E-state index contributed by atoms with van der Waals surface area (Å²) in [5.74, 6) is 1.96. The summed E-state index contributed by atoms with van der Waals surface area (Å²) in [6.07, 6.45) is 0. The number of hydrogen-bond donors (Lipinski definition) is 0. The molecule has 0 saturated carbocycles. The van der Waals surface area contributed by atoms with Crippen molar-refractivity contribution in [1.29, 1.82) is 0 Å². The highest BCUT2D eigenvalue weighted by molar-refractivity contribution is 5.14. The van der Waals surface area contributed by atoms with Gasteiger partial charge in [-0.15, -0.1) is 0 Å². The summed E-state index contributed by atoms with van der Waals surface area (Å²) in [6.45, 7) is 5.98. The highest BCUT2D eigenvalue weighted by atomic mass is 18.2. The fraction of sp³-hybridized carbons (Fsp3) is 0.375. The summed E-state index contributed by atoms with van der Waals surface area (Å²) in [5.41, 5.74) is 1.26. The minimum atomic E-state index is 0.979. The summed E-state index contributed by atoms with van der Waals surface area (Å²) in [4.78, 5) is 0. The van der Waals surface area contributed by atoms with Crippen molar-refractivity contribution in [3.05, 3.63) is 29.2 Å². The normalized spacial score (nSPS) is 9.67. The van der Waals surface area contributed by atoms with Gasteiger partial charge in [-0.3, -0.25) is 0 Å². The van der Waals surface area contributed by atoms with Crippen molar-refractivity contribution in [3.63, 3.8) is 0 Å². The molecule has 0 saturated heterocycles. The quantitative estimate of drug-likeness (QED) is 0.485. The molecule has 0 atom stereocenters. The van der Waals surface area contributed by atoms with E-state index in [1.165, 1.54) is 5.56 Å². The molecule has 0 aromatic carbocycles. The molecule has 0 fully saturated rings. The van der Waals surface area contributed by atoms with Crippen LogP contribution in [-0.2, 0) is 0 Å². The van der Waals surface area contributed by atoms with Crippen LogP contribution in [0.3, 0.4) is 0 Å². The number of hydrogen-bond acceptors (Lipinski definition) is 0. The molecule has 0 spiro atoms. The van der Waals surface area contributed by atoms with Gasteiger partial charge in [-0.05, 0) is 12.5 Å². The van der Waals surface area contributed by atoms with Crippen LogP contribution >= 0.6 is 0 Å². The van der Waals surface area contributed by atoms with Gasteiger partial charge in [0.1, 0.15) is 0 Å². The lowest BCUT2D eigenvalue weighted by Gasteiger charge is -1.84. The van der Waals surface area contributed by atoms with E-state index in [2.05, 4.69) is 6.92 Å². The van der Waals surface area contributed by atoms with E-state index in [1.54, 1.807) is 0 Å². The van der Waals surface area contributed by atoms with Crippen LogP contribution in [0.5, 0.6) is 0 Å². The Labute approximate surface area is 55.3 Å². The molecule has 1 nitrogen and oxygen atoms in total. The van der Waals surface area contributed by atoms with E-state index in [1.807, 2.05) is 26.0 Å². The van der Waals surface area contributed by atoms with Crippen molar-refractivity contribution in [2.24, 2.45) is 0 Å². The second-order valence-electron chi connectivity index (χ2n) is 2.36. The molecule has 0 amide bonds. The zero-order valence-electron chi connectivity index (χ0n) is 6.06. The van der Waals surface area contributed by atoms with Crippen LogP contribution in [0.4, 0.5) is 0 Å². The van der Waals surface area contributed by atoms with Crippen molar-refractivity contribution in [1.82, 2.24) is 0 Å². The Kier molecular flexibility index (Phi) is 1.52. The molecule has 0 aliphatic rings. The SMILES string of the molecule is Cc1cc(C)[18o+]c(C)c1. The lowest BCUT2D eigenvalue weighted by molar-refractivity contribution is 0.484. The summed E-state index contributed by atoms with van der Waals surface area (Å²) < 4.78 is 5.26. The molecule has 0 N–H and O–H groups in total. The highest BCUT2D eigenvalue weighted by Crippen LogP contribution is 2.06. The van der Waals surface area contributed by atoms with Gasteiger partial charge in [0.25, 0.3) is 0 Å². The predicted molar refractivity (Wildman–Crippen MR) is 37.3 cm³/mol. The molecule has 0 unspecified atom stereocenters. The monoisotopic (exact) mass is 125 g/mol. The standard InChI is InChI=1S/C8H11O/c1-6-4-7(2)9-8(3)5-6/h4-5H,1-3H3/q+1/i9+2. The van der Waals surface area contributed by atoms with E-state index >= 15 is 0 Å². The molecule has 1 aromatic heterocycles. The zero-order chi connectivity index (χ0) is 6.85. The molecule has 0 aliphatic carbocycles. The maximum atomic E-state index is 5.26. The molecule has 48 valence electrons. The summed E-state index contributed by atoms with van der Waals surface area (Å²) in [6, 6.07) is 4.04. The Bertz CT molecular complexity index is 165. The number of aryl methyl sites for hydroxylation is 3. The van der Waals surface area contributed by atoms with Crippen molar-refractivity contribution in [2.45, 2.75) is 20.8 Å². The first-order chi connectivity index (χ1) is 4.18. The Hall–Kier alpha value is -0.850. The molecular formula is C8H11O+. The van der Waals surface area contributed by atoms with Crippen molar-refractivity contribution in [2.75, 3.05) is 0 Å². The lowest BCUT2D eigenvalue weighted by atomic mass is 10.2. The third-order valence-electron chi connectivity index (χ3n) is 1.18. The van der Waals surface area contributed by atoms with Crippen molar-refractivity contribution >= 4 is 0 Å². The molecule has 1 heterocycles. The van der Waals surface area contributed by atoms with Gasteiger partial charge in [-0.1, -0.05) is 0 Å². The third-order valence-corrected chi connectivity index (χ3v) is 1.18. The van der Waals surface area contributed by atoms with E-state index in [-0.39, 0.29) is 0 Å². The fourth-order valence-corrected chi connectivity index (χ4v) is 0.996. The third kappa shape index (κ3) is 1.53. The molecule has 1 heteroatoms. The molecule has 0 aliphatic heterocycles. The van der Waals surface area contributed by atoms with E-state index in [4.69, 9.17) is 4.42 Å². The van der Waals surface area contributed by atoms with Crippen LogP contribution in [0.2, 0.25) is 0 Å². The Morgan fingerprint density at radius 3 is 1.78 bits per heavy atom. The van der Waals surface area contributed by atoms with Gasteiger partial charge < -0.3 is 0 Å². The minimum absolute atomic E-state index is 0.979. The van der Waals surface area contributed by atoms with Gasteiger partial charge in [-0.2, -0.15) is 0 Å². The molecule has 9 heavy (non-hydrogen) atoms. The topological polar surface area (TPSA) is 11.3 Å². The first-order valence-electron chi connectivity index (χ1n) is 3.06. The molecule has 0 bridgehead atoms. The predicted octanol–water partition coefficient (Wildman–Crippen LogP) is 2.49. The van der Waals surface area contributed by atoms with E-state index in [0.717, 1.165) is 11.5 Å². The largest absolute Gasteiger partial charge is 0.326 e. The highest BCUT2D eigenvalue weighted by Gasteiger charge is 2.03. The van der Waals surface area contributed by atoms with Crippen molar-refractivity contribution in [3.8, 4) is 0 Å². The maximum Gasteiger partial charge on any atom is 0.326 e. The van der Waals surface area contributed by atoms with Crippen LogP contribution < -0.4 is 0 Å². The van der Waals surface area contributed by atoms with Gasteiger partial charge in [0.05, 0.1) is 13.8 Å². The van der Waals surface area contributed by atoms with E-state index in [0.29, 0.717) is 0 Å². The first kappa shape index (κ1) is 6.27. The van der Waals surface area contributed by atoms with Crippen molar-refractivity contribution < 1.29 is 4.42 Å². The molecule has 0 radical (unpaired) electrons.